The first-order valence-corrected chi connectivity index (χ1v) is 7.50. The first-order chi connectivity index (χ1) is 9.54. The fraction of sp³-hybridized carbons (Fsp3) is 0.400. The minimum absolute atomic E-state index is 0.237. The number of rotatable bonds is 6. The summed E-state index contributed by atoms with van der Waals surface area (Å²) in [6.07, 6.45) is 3.23. The highest BCUT2D eigenvalue weighted by molar-refractivity contribution is 9.10. The Morgan fingerprint density at radius 1 is 1.45 bits per heavy atom. The molecule has 0 saturated heterocycles. The number of hydrogen-bond donors (Lipinski definition) is 2. The molecule has 20 heavy (non-hydrogen) atoms. The van der Waals surface area contributed by atoms with Crippen molar-refractivity contribution in [1.29, 1.82) is 0 Å². The number of nitrogens with zero attached hydrogens (tertiary/aromatic N) is 2. The summed E-state index contributed by atoms with van der Waals surface area (Å²) in [6, 6.07) is 8.21. The van der Waals surface area contributed by atoms with E-state index in [1.807, 2.05) is 42.1 Å². The third-order valence-electron chi connectivity index (χ3n) is 3.15. The molecule has 0 bridgehead atoms. The first kappa shape index (κ1) is 15.2. The van der Waals surface area contributed by atoms with E-state index in [1.165, 1.54) is 0 Å². The molecule has 0 aliphatic carbocycles. The van der Waals surface area contributed by atoms with Crippen molar-refractivity contribution < 1.29 is 5.11 Å². The standard InChI is InChI=1S/C15H20BrN3O/c1-11-4-3-5-13(6-11)15(20)8-17-12(2)9-19-10-14(16)7-18-19/h3-7,10,12,15,17,20H,8-9H2,1-2H3/t12-,15+/m1/s1. The molecule has 0 radical (unpaired) electrons. The number of aliphatic hydroxyl groups excluding tert-OH is 1. The van der Waals surface area contributed by atoms with Gasteiger partial charge in [-0.3, -0.25) is 4.68 Å². The second kappa shape index (κ2) is 7.02. The van der Waals surface area contributed by atoms with Gasteiger partial charge in [0.25, 0.3) is 0 Å². The van der Waals surface area contributed by atoms with Crippen molar-refractivity contribution in [2.75, 3.05) is 6.54 Å². The normalized spacial score (nSPS) is 14.2. The summed E-state index contributed by atoms with van der Waals surface area (Å²) in [6.45, 7) is 5.42. The second-order valence-corrected chi connectivity index (χ2v) is 6.04. The van der Waals surface area contributed by atoms with Crippen molar-refractivity contribution >= 4 is 15.9 Å². The van der Waals surface area contributed by atoms with Gasteiger partial charge in [-0.15, -0.1) is 0 Å². The number of halogens is 1. The van der Waals surface area contributed by atoms with Gasteiger partial charge >= 0.3 is 0 Å². The molecule has 0 spiro atoms. The van der Waals surface area contributed by atoms with E-state index in [2.05, 4.69) is 33.3 Å². The maximum atomic E-state index is 10.2. The highest BCUT2D eigenvalue weighted by atomic mass is 79.9. The van der Waals surface area contributed by atoms with Crippen molar-refractivity contribution in [3.8, 4) is 0 Å². The Kier molecular flexibility index (Phi) is 5.34. The number of nitrogens with one attached hydrogen (secondary N) is 1. The summed E-state index contributed by atoms with van der Waals surface area (Å²) in [7, 11) is 0. The molecule has 0 unspecified atom stereocenters. The summed E-state index contributed by atoms with van der Waals surface area (Å²) in [4.78, 5) is 0. The van der Waals surface area contributed by atoms with Gasteiger partial charge in [-0.2, -0.15) is 5.10 Å². The summed E-state index contributed by atoms with van der Waals surface area (Å²) < 4.78 is 2.85. The molecular formula is C15H20BrN3O. The lowest BCUT2D eigenvalue weighted by atomic mass is 10.1. The van der Waals surface area contributed by atoms with Crippen molar-refractivity contribution in [3.63, 3.8) is 0 Å². The van der Waals surface area contributed by atoms with E-state index in [0.29, 0.717) is 6.54 Å². The van der Waals surface area contributed by atoms with E-state index in [1.54, 1.807) is 6.20 Å². The lowest BCUT2D eigenvalue weighted by Gasteiger charge is -2.17. The van der Waals surface area contributed by atoms with Gasteiger partial charge in [0.2, 0.25) is 0 Å². The van der Waals surface area contributed by atoms with Crippen molar-refractivity contribution in [2.45, 2.75) is 32.5 Å². The zero-order valence-corrected chi connectivity index (χ0v) is 13.3. The Morgan fingerprint density at radius 3 is 2.90 bits per heavy atom. The fourth-order valence-corrected chi connectivity index (χ4v) is 2.42. The van der Waals surface area contributed by atoms with E-state index in [9.17, 15) is 5.11 Å². The minimum atomic E-state index is -0.485. The molecule has 1 heterocycles. The van der Waals surface area contributed by atoms with Gasteiger partial charge in [0.1, 0.15) is 0 Å². The van der Waals surface area contributed by atoms with Crippen molar-refractivity contribution in [3.05, 3.63) is 52.3 Å². The van der Waals surface area contributed by atoms with Crippen LogP contribution in [0.3, 0.4) is 0 Å². The van der Waals surface area contributed by atoms with Crippen LogP contribution in [0, 0.1) is 6.92 Å². The molecular weight excluding hydrogens is 318 g/mol. The summed E-state index contributed by atoms with van der Waals surface area (Å²) in [5, 5.41) is 17.7. The topological polar surface area (TPSA) is 50.1 Å². The van der Waals surface area contributed by atoms with E-state index in [-0.39, 0.29) is 6.04 Å². The minimum Gasteiger partial charge on any atom is -0.387 e. The van der Waals surface area contributed by atoms with Crippen molar-refractivity contribution in [2.24, 2.45) is 0 Å². The van der Waals surface area contributed by atoms with Crippen LogP contribution in [-0.4, -0.2) is 27.5 Å². The summed E-state index contributed by atoms with van der Waals surface area (Å²) in [5.74, 6) is 0. The van der Waals surface area contributed by atoms with Crippen LogP contribution in [0.2, 0.25) is 0 Å². The lowest BCUT2D eigenvalue weighted by molar-refractivity contribution is 0.169. The summed E-state index contributed by atoms with van der Waals surface area (Å²) in [5.41, 5.74) is 2.11. The van der Waals surface area contributed by atoms with E-state index >= 15 is 0 Å². The second-order valence-electron chi connectivity index (χ2n) is 5.12. The smallest absolute Gasteiger partial charge is 0.0914 e. The first-order valence-electron chi connectivity index (χ1n) is 6.70. The molecule has 5 heteroatoms. The quantitative estimate of drug-likeness (QED) is 0.851. The Bertz CT molecular complexity index is 556. The van der Waals surface area contributed by atoms with E-state index in [4.69, 9.17) is 0 Å². The molecule has 1 aromatic heterocycles. The molecule has 0 saturated carbocycles. The highest BCUT2D eigenvalue weighted by Crippen LogP contribution is 2.13. The molecule has 0 aliphatic heterocycles. The molecule has 4 nitrogen and oxygen atoms in total. The summed E-state index contributed by atoms with van der Waals surface area (Å²) >= 11 is 3.38. The zero-order chi connectivity index (χ0) is 14.5. The van der Waals surface area contributed by atoms with Crippen LogP contribution in [0.15, 0.2) is 41.1 Å². The Morgan fingerprint density at radius 2 is 2.25 bits per heavy atom. The van der Waals surface area contributed by atoms with Crippen LogP contribution < -0.4 is 5.32 Å². The molecule has 0 fully saturated rings. The molecule has 2 N–H and O–H groups in total. The number of benzene rings is 1. The monoisotopic (exact) mass is 337 g/mol. The molecule has 0 amide bonds. The number of aryl methyl sites for hydroxylation is 1. The Labute approximate surface area is 127 Å². The molecule has 108 valence electrons. The molecule has 1 aromatic carbocycles. The van der Waals surface area contributed by atoms with Gasteiger partial charge in [0.15, 0.2) is 0 Å². The van der Waals surface area contributed by atoms with E-state index < -0.39 is 6.10 Å². The van der Waals surface area contributed by atoms with Gasteiger partial charge < -0.3 is 10.4 Å². The maximum Gasteiger partial charge on any atom is 0.0914 e. The Hall–Kier alpha value is -1.17. The van der Waals surface area contributed by atoms with Gasteiger partial charge in [0, 0.05) is 18.8 Å². The predicted octanol–water partition coefficient (Wildman–Crippen LogP) is 2.67. The van der Waals surface area contributed by atoms with Gasteiger partial charge in [-0.05, 0) is 35.3 Å². The predicted molar refractivity (Wildman–Crippen MR) is 83.5 cm³/mol. The molecule has 2 aromatic rings. The van der Waals surface area contributed by atoms with Crippen molar-refractivity contribution in [1.82, 2.24) is 15.1 Å². The lowest BCUT2D eigenvalue weighted by Crippen LogP contribution is -2.33. The average molecular weight is 338 g/mol. The SMILES string of the molecule is Cc1cccc([C@@H](O)CN[C@H](C)Cn2cc(Br)cn2)c1. The third-order valence-corrected chi connectivity index (χ3v) is 3.56. The van der Waals surface area contributed by atoms with Gasteiger partial charge in [-0.25, -0.2) is 0 Å². The fourth-order valence-electron chi connectivity index (χ4n) is 2.09. The number of aliphatic hydroxyl groups is 1. The molecule has 0 aliphatic rings. The largest absolute Gasteiger partial charge is 0.387 e. The Balaban J connectivity index is 1.82. The number of hydrogen-bond acceptors (Lipinski definition) is 3. The van der Waals surface area contributed by atoms with Gasteiger partial charge in [-0.1, -0.05) is 29.8 Å². The highest BCUT2D eigenvalue weighted by Gasteiger charge is 2.10. The van der Waals surface area contributed by atoms with Crippen LogP contribution >= 0.6 is 15.9 Å². The number of aromatic nitrogens is 2. The van der Waals surface area contributed by atoms with Gasteiger partial charge in [0.05, 0.1) is 23.3 Å². The van der Waals surface area contributed by atoms with E-state index in [0.717, 1.165) is 22.1 Å². The molecule has 2 rings (SSSR count). The zero-order valence-electron chi connectivity index (χ0n) is 11.8. The van der Waals surface area contributed by atoms with Crippen LogP contribution in [0.5, 0.6) is 0 Å². The van der Waals surface area contributed by atoms with Crippen LogP contribution in [0.4, 0.5) is 0 Å². The van der Waals surface area contributed by atoms with Crippen LogP contribution in [0.25, 0.3) is 0 Å². The third kappa shape index (κ3) is 4.44. The molecule has 2 atom stereocenters. The van der Waals surface area contributed by atoms with Crippen LogP contribution in [-0.2, 0) is 6.54 Å². The maximum absolute atomic E-state index is 10.2. The van der Waals surface area contributed by atoms with Crippen LogP contribution in [0.1, 0.15) is 24.2 Å². The average Bonchev–Trinajstić information content (AvgIpc) is 2.81.